The second-order valence-corrected chi connectivity index (χ2v) is 11.1. The molecule has 1 radical (unpaired) electrons. The predicted octanol–water partition coefficient (Wildman–Crippen LogP) is 10.2. The molecule has 0 aliphatic carbocycles. The number of benzene rings is 5. The molecule has 0 aliphatic heterocycles. The first-order valence-corrected chi connectivity index (χ1v) is 15.0. The van der Waals surface area contributed by atoms with Crippen LogP contribution >= 0.6 is 11.3 Å². The maximum absolute atomic E-state index is 5.02. The van der Waals surface area contributed by atoms with Gasteiger partial charge < -0.3 is 9.55 Å². The number of para-hydroxylation sites is 2. The van der Waals surface area contributed by atoms with E-state index < -0.39 is 0 Å². The van der Waals surface area contributed by atoms with E-state index >= 15 is 0 Å². The summed E-state index contributed by atoms with van der Waals surface area (Å²) in [6.07, 6.45) is 1.79. The fourth-order valence-electron chi connectivity index (χ4n) is 5.21. The first kappa shape index (κ1) is 29.4. The van der Waals surface area contributed by atoms with Crippen LogP contribution in [-0.2, 0) is 20.1 Å². The summed E-state index contributed by atoms with van der Waals surface area (Å²) in [5.41, 5.74) is 9.95. The summed E-state index contributed by atoms with van der Waals surface area (Å²) in [6.45, 7) is 2.13. The van der Waals surface area contributed by atoms with Crippen molar-refractivity contribution >= 4 is 32.5 Å². The topological polar surface area (TPSA) is 30.7 Å². The third kappa shape index (κ3) is 6.04. The zero-order chi connectivity index (χ0) is 29.0. The Bertz CT molecular complexity index is 2080. The van der Waals surface area contributed by atoms with E-state index in [2.05, 4.69) is 113 Å². The van der Waals surface area contributed by atoms with Gasteiger partial charge in [0.05, 0.1) is 16.9 Å². The average molecular weight is 762 g/mol. The Hall–Kier alpha value is -4.67. The van der Waals surface area contributed by atoms with Crippen LogP contribution in [0.5, 0.6) is 0 Å². The number of nitrogens with zero attached hydrogens (tertiary/aromatic N) is 3. The molecule has 0 spiro atoms. The smallest absolute Gasteiger partial charge is 0.0774 e. The van der Waals surface area contributed by atoms with E-state index in [1.807, 2.05) is 54.6 Å². The minimum atomic E-state index is 0. The normalized spacial score (nSPS) is 10.7. The third-order valence-corrected chi connectivity index (χ3v) is 8.20. The van der Waals surface area contributed by atoms with Gasteiger partial charge in [0.15, 0.2) is 0 Å². The van der Waals surface area contributed by atoms with Crippen LogP contribution in [0, 0.1) is 18.4 Å². The molecule has 0 saturated carbocycles. The van der Waals surface area contributed by atoms with Crippen LogP contribution in [0.1, 0.15) is 5.56 Å². The summed E-state index contributed by atoms with van der Waals surface area (Å²) < 4.78 is 3.50. The van der Waals surface area contributed by atoms with Crippen LogP contribution in [0.15, 0.2) is 146 Å². The second-order valence-electron chi connectivity index (χ2n) is 10.2. The van der Waals surface area contributed by atoms with Crippen LogP contribution < -0.4 is 0 Å². The molecule has 44 heavy (non-hydrogen) atoms. The van der Waals surface area contributed by atoms with E-state index in [0.29, 0.717) is 0 Å². The summed E-state index contributed by atoms with van der Waals surface area (Å²) in [7, 11) is 0. The first-order chi connectivity index (χ1) is 21.2. The molecular formula is C39H27IrN3S-2. The van der Waals surface area contributed by atoms with Gasteiger partial charge in [-0.3, -0.25) is 16.3 Å². The maximum Gasteiger partial charge on any atom is 0.0774 e. The molecule has 8 rings (SSSR count). The molecule has 0 aliphatic rings. The van der Waals surface area contributed by atoms with Gasteiger partial charge in [-0.1, -0.05) is 100 Å². The van der Waals surface area contributed by atoms with Gasteiger partial charge in [-0.25, -0.2) is 0 Å². The van der Waals surface area contributed by atoms with E-state index in [4.69, 9.17) is 4.98 Å². The number of imidazole rings is 1. The maximum atomic E-state index is 5.02. The summed E-state index contributed by atoms with van der Waals surface area (Å²) in [4.78, 5) is 9.24. The summed E-state index contributed by atoms with van der Waals surface area (Å²) in [6, 6.07) is 50.9. The SMILES string of the molecule is Cc1ccc2c(-c3nc4ccccc4n3-c3ccc(-c4ccccc4)cc3)[c-]sc2c1.[Ir].[c-]1ccccc1-c1ccccn1. The van der Waals surface area contributed by atoms with Gasteiger partial charge in [-0.15, -0.1) is 47.3 Å². The summed E-state index contributed by atoms with van der Waals surface area (Å²) >= 11 is 1.66. The molecule has 0 unspecified atom stereocenters. The minimum Gasteiger partial charge on any atom is -0.333 e. The van der Waals surface area contributed by atoms with Gasteiger partial charge in [0.25, 0.3) is 0 Å². The number of aryl methyl sites for hydroxylation is 1. The molecule has 3 aromatic heterocycles. The molecule has 0 atom stereocenters. The largest absolute Gasteiger partial charge is 0.333 e. The van der Waals surface area contributed by atoms with E-state index in [9.17, 15) is 0 Å². The van der Waals surface area contributed by atoms with E-state index in [1.54, 1.807) is 17.5 Å². The summed E-state index contributed by atoms with van der Waals surface area (Å²) in [5, 5.41) is 4.73. The fraction of sp³-hybridized carbons (Fsp3) is 0.0256. The van der Waals surface area contributed by atoms with Crippen molar-refractivity contribution in [3.8, 4) is 39.5 Å². The number of aromatic nitrogens is 3. The fourth-order valence-corrected chi connectivity index (χ4v) is 6.15. The Morgan fingerprint density at radius 2 is 1.45 bits per heavy atom. The molecule has 0 amide bonds. The standard InChI is InChI=1S/C28H19N2S.C11H8N.Ir/c1-19-11-16-23-24(18-31-27(23)17-19)28-29-25-9-5-6-10-26(25)30(28)22-14-12-21(13-15-22)20-7-3-2-4-8-20;1-2-6-10(7-3-1)11-8-4-5-9-12-11;/h2-17H,1H3;1-6,8-9H;/q2*-1;. The Balaban J connectivity index is 0.000000222. The van der Waals surface area contributed by atoms with Crippen molar-refractivity contribution in [2.75, 3.05) is 0 Å². The van der Waals surface area contributed by atoms with Crippen molar-refractivity contribution in [3.63, 3.8) is 0 Å². The van der Waals surface area contributed by atoms with Crippen molar-refractivity contribution < 1.29 is 20.1 Å². The van der Waals surface area contributed by atoms with Gasteiger partial charge in [0.2, 0.25) is 0 Å². The van der Waals surface area contributed by atoms with Crippen molar-refractivity contribution in [2.45, 2.75) is 6.92 Å². The van der Waals surface area contributed by atoms with Crippen molar-refractivity contribution in [1.82, 2.24) is 14.5 Å². The molecule has 3 heterocycles. The Kier molecular flexibility index (Phi) is 8.90. The number of fused-ring (bicyclic) bond motifs is 2. The van der Waals surface area contributed by atoms with E-state index in [0.717, 1.165) is 39.4 Å². The second kappa shape index (κ2) is 13.3. The molecule has 8 aromatic rings. The molecule has 0 N–H and O–H groups in total. The first-order valence-electron chi connectivity index (χ1n) is 14.2. The van der Waals surface area contributed by atoms with Gasteiger partial charge in [0.1, 0.15) is 0 Å². The van der Waals surface area contributed by atoms with Crippen LogP contribution in [0.3, 0.4) is 0 Å². The summed E-state index contributed by atoms with van der Waals surface area (Å²) in [5.74, 6) is 0.934. The number of hydrogen-bond donors (Lipinski definition) is 0. The quantitative estimate of drug-likeness (QED) is 0.167. The molecule has 0 bridgehead atoms. The molecule has 0 saturated heterocycles. The van der Waals surface area contributed by atoms with Crippen LogP contribution in [0.4, 0.5) is 0 Å². The van der Waals surface area contributed by atoms with Gasteiger partial charge in [-0.2, -0.15) is 0 Å². The number of thiophene rings is 1. The molecule has 215 valence electrons. The van der Waals surface area contributed by atoms with Crippen LogP contribution in [0.2, 0.25) is 0 Å². The van der Waals surface area contributed by atoms with Crippen molar-refractivity contribution in [1.29, 1.82) is 0 Å². The van der Waals surface area contributed by atoms with Gasteiger partial charge in [0, 0.05) is 32.0 Å². The van der Waals surface area contributed by atoms with Crippen LogP contribution in [0.25, 0.3) is 60.6 Å². The zero-order valence-electron chi connectivity index (χ0n) is 23.9. The van der Waals surface area contributed by atoms with Crippen molar-refractivity contribution in [3.05, 3.63) is 163 Å². The van der Waals surface area contributed by atoms with Crippen LogP contribution in [-0.4, -0.2) is 14.5 Å². The molecule has 5 heteroatoms. The Morgan fingerprint density at radius 3 is 2.23 bits per heavy atom. The third-order valence-electron chi connectivity index (χ3n) is 7.34. The molecule has 0 fully saturated rings. The number of pyridine rings is 1. The Morgan fingerprint density at radius 1 is 0.705 bits per heavy atom. The molecule has 5 aromatic carbocycles. The zero-order valence-corrected chi connectivity index (χ0v) is 27.2. The average Bonchev–Trinajstić information content (AvgIpc) is 3.67. The van der Waals surface area contributed by atoms with E-state index in [1.165, 1.54) is 26.8 Å². The van der Waals surface area contributed by atoms with Crippen molar-refractivity contribution in [2.24, 2.45) is 0 Å². The number of hydrogen-bond acceptors (Lipinski definition) is 3. The Labute approximate surface area is 274 Å². The van der Waals surface area contributed by atoms with Gasteiger partial charge >= 0.3 is 0 Å². The van der Waals surface area contributed by atoms with Gasteiger partial charge in [-0.05, 0) is 54.1 Å². The van der Waals surface area contributed by atoms with E-state index in [-0.39, 0.29) is 20.1 Å². The monoisotopic (exact) mass is 762 g/mol. The molecule has 3 nitrogen and oxygen atoms in total. The predicted molar refractivity (Wildman–Crippen MR) is 179 cm³/mol. The molecular weight excluding hydrogens is 735 g/mol. The minimum absolute atomic E-state index is 0. The number of rotatable bonds is 4.